The third-order valence-corrected chi connectivity index (χ3v) is 8.16. The Kier molecular flexibility index (Phi) is 6.31. The van der Waals surface area contributed by atoms with E-state index in [2.05, 4.69) is 5.32 Å². The summed E-state index contributed by atoms with van der Waals surface area (Å²) in [5, 5.41) is 2.91. The SMILES string of the molecule is COc1ccc(NC(=O)[C@H](C)N2CCN(S(=O)(=O)c3ccc4c(c3)CCC4)CC2)cc1. The van der Waals surface area contributed by atoms with E-state index in [-0.39, 0.29) is 11.9 Å². The van der Waals surface area contributed by atoms with E-state index in [1.165, 1.54) is 9.87 Å². The predicted octanol–water partition coefficient (Wildman–Crippen LogP) is 2.52. The van der Waals surface area contributed by atoms with E-state index < -0.39 is 10.0 Å². The van der Waals surface area contributed by atoms with Gasteiger partial charge in [-0.05, 0) is 73.7 Å². The summed E-state index contributed by atoms with van der Waals surface area (Å²) >= 11 is 0. The van der Waals surface area contributed by atoms with E-state index in [1.807, 2.05) is 24.0 Å². The summed E-state index contributed by atoms with van der Waals surface area (Å²) in [6.07, 6.45) is 3.08. The molecule has 1 fully saturated rings. The molecule has 8 heteroatoms. The molecule has 166 valence electrons. The Morgan fingerprint density at radius 3 is 2.35 bits per heavy atom. The molecule has 0 unspecified atom stereocenters. The molecule has 0 spiro atoms. The third kappa shape index (κ3) is 4.61. The van der Waals surface area contributed by atoms with Crippen molar-refractivity contribution in [3.63, 3.8) is 0 Å². The number of aryl methyl sites for hydroxylation is 2. The molecule has 0 radical (unpaired) electrons. The summed E-state index contributed by atoms with van der Waals surface area (Å²) in [6, 6.07) is 12.4. The van der Waals surface area contributed by atoms with Crippen molar-refractivity contribution >= 4 is 21.6 Å². The van der Waals surface area contributed by atoms with Crippen molar-refractivity contribution in [2.45, 2.75) is 37.1 Å². The van der Waals surface area contributed by atoms with Crippen molar-refractivity contribution in [3.05, 3.63) is 53.6 Å². The zero-order chi connectivity index (χ0) is 22.0. The van der Waals surface area contributed by atoms with Crippen LogP contribution in [0, 0.1) is 0 Å². The third-order valence-electron chi connectivity index (χ3n) is 6.27. The van der Waals surface area contributed by atoms with Crippen LogP contribution in [0.1, 0.15) is 24.5 Å². The van der Waals surface area contributed by atoms with Gasteiger partial charge < -0.3 is 10.1 Å². The number of sulfonamides is 1. The Labute approximate surface area is 184 Å². The molecular formula is C23H29N3O4S. The van der Waals surface area contributed by atoms with Crippen LogP contribution in [0.4, 0.5) is 5.69 Å². The Bertz CT molecular complexity index is 1040. The first kappa shape index (κ1) is 21.8. The quantitative estimate of drug-likeness (QED) is 0.742. The van der Waals surface area contributed by atoms with Gasteiger partial charge in [-0.1, -0.05) is 6.07 Å². The van der Waals surface area contributed by atoms with Gasteiger partial charge in [0.15, 0.2) is 0 Å². The highest BCUT2D eigenvalue weighted by Gasteiger charge is 2.32. The van der Waals surface area contributed by atoms with Crippen molar-refractivity contribution in [1.29, 1.82) is 0 Å². The minimum absolute atomic E-state index is 0.111. The molecule has 2 aromatic carbocycles. The number of amides is 1. The fourth-order valence-electron chi connectivity index (χ4n) is 4.28. The van der Waals surface area contributed by atoms with E-state index >= 15 is 0 Å². The lowest BCUT2D eigenvalue weighted by Crippen LogP contribution is -2.53. The molecule has 2 aromatic rings. The van der Waals surface area contributed by atoms with Gasteiger partial charge in [-0.3, -0.25) is 9.69 Å². The summed E-state index contributed by atoms with van der Waals surface area (Å²) in [5.74, 6) is 0.617. The van der Waals surface area contributed by atoms with Crippen LogP contribution in [-0.2, 0) is 27.7 Å². The van der Waals surface area contributed by atoms with Gasteiger partial charge in [-0.15, -0.1) is 0 Å². The van der Waals surface area contributed by atoms with E-state index in [1.54, 1.807) is 37.4 Å². The maximum absolute atomic E-state index is 13.1. The van der Waals surface area contributed by atoms with Crippen molar-refractivity contribution in [2.24, 2.45) is 0 Å². The average molecular weight is 444 g/mol. The number of hydrogen-bond donors (Lipinski definition) is 1. The lowest BCUT2D eigenvalue weighted by Gasteiger charge is -2.36. The van der Waals surface area contributed by atoms with E-state index in [0.717, 1.165) is 30.6 Å². The highest BCUT2D eigenvalue weighted by molar-refractivity contribution is 7.89. The van der Waals surface area contributed by atoms with Crippen LogP contribution in [0.25, 0.3) is 0 Å². The minimum Gasteiger partial charge on any atom is -0.497 e. The monoisotopic (exact) mass is 443 g/mol. The topological polar surface area (TPSA) is 79.0 Å². The first-order chi connectivity index (χ1) is 14.9. The van der Waals surface area contributed by atoms with Gasteiger partial charge in [0, 0.05) is 31.9 Å². The Morgan fingerprint density at radius 1 is 1.00 bits per heavy atom. The Hall–Kier alpha value is -2.42. The number of rotatable bonds is 6. The summed E-state index contributed by atoms with van der Waals surface area (Å²) in [7, 11) is -1.92. The molecule has 1 N–H and O–H groups in total. The van der Waals surface area contributed by atoms with Gasteiger partial charge in [0.1, 0.15) is 5.75 Å². The van der Waals surface area contributed by atoms with E-state index in [0.29, 0.717) is 36.8 Å². The first-order valence-corrected chi connectivity index (χ1v) is 12.1. The molecule has 7 nitrogen and oxygen atoms in total. The molecule has 1 aliphatic carbocycles. The summed E-state index contributed by atoms with van der Waals surface area (Å²) in [6.45, 7) is 3.63. The Balaban J connectivity index is 1.35. The molecule has 0 aromatic heterocycles. The second kappa shape index (κ2) is 8.98. The van der Waals surface area contributed by atoms with Crippen LogP contribution < -0.4 is 10.1 Å². The number of piperazine rings is 1. The van der Waals surface area contributed by atoms with Crippen molar-refractivity contribution < 1.29 is 17.9 Å². The molecule has 0 bridgehead atoms. The molecule has 1 aliphatic heterocycles. The van der Waals surface area contributed by atoms with Crippen LogP contribution in [-0.4, -0.2) is 62.9 Å². The van der Waals surface area contributed by atoms with Crippen LogP contribution >= 0.6 is 0 Å². The van der Waals surface area contributed by atoms with Crippen LogP contribution in [0.15, 0.2) is 47.4 Å². The second-order valence-corrected chi connectivity index (χ2v) is 10.1. The fraction of sp³-hybridized carbons (Fsp3) is 0.435. The van der Waals surface area contributed by atoms with Crippen molar-refractivity contribution in [2.75, 3.05) is 38.6 Å². The zero-order valence-electron chi connectivity index (χ0n) is 18.0. The van der Waals surface area contributed by atoms with Gasteiger partial charge in [0.25, 0.3) is 0 Å². The number of carbonyl (C=O) groups excluding carboxylic acids is 1. The molecule has 31 heavy (non-hydrogen) atoms. The van der Waals surface area contributed by atoms with Crippen LogP contribution in [0.5, 0.6) is 5.75 Å². The van der Waals surface area contributed by atoms with E-state index in [9.17, 15) is 13.2 Å². The highest BCUT2D eigenvalue weighted by atomic mass is 32.2. The number of nitrogens with one attached hydrogen (secondary N) is 1. The second-order valence-electron chi connectivity index (χ2n) is 8.12. The molecule has 1 amide bonds. The number of methoxy groups -OCH3 is 1. The summed E-state index contributed by atoms with van der Waals surface area (Å²) in [4.78, 5) is 15.1. The predicted molar refractivity (Wildman–Crippen MR) is 120 cm³/mol. The normalized spacial score (nSPS) is 18.4. The Morgan fingerprint density at radius 2 is 1.68 bits per heavy atom. The number of hydrogen-bond acceptors (Lipinski definition) is 5. The summed E-state index contributed by atoms with van der Waals surface area (Å²) < 4.78 is 32.9. The maximum Gasteiger partial charge on any atom is 0.243 e. The first-order valence-electron chi connectivity index (χ1n) is 10.7. The maximum atomic E-state index is 13.1. The van der Waals surface area contributed by atoms with Crippen molar-refractivity contribution in [3.8, 4) is 5.75 Å². The molecular weight excluding hydrogens is 414 g/mol. The number of fused-ring (bicyclic) bond motifs is 1. The molecule has 1 saturated heterocycles. The fourth-order valence-corrected chi connectivity index (χ4v) is 5.75. The number of benzene rings is 2. The smallest absolute Gasteiger partial charge is 0.243 e. The largest absolute Gasteiger partial charge is 0.497 e. The lowest BCUT2D eigenvalue weighted by molar-refractivity contribution is -0.121. The number of nitrogens with zero attached hydrogens (tertiary/aromatic N) is 2. The lowest BCUT2D eigenvalue weighted by atomic mass is 10.1. The number of ether oxygens (including phenoxy) is 1. The van der Waals surface area contributed by atoms with Gasteiger partial charge in [-0.2, -0.15) is 4.31 Å². The van der Waals surface area contributed by atoms with E-state index in [4.69, 9.17) is 4.74 Å². The number of carbonyl (C=O) groups is 1. The van der Waals surface area contributed by atoms with Crippen molar-refractivity contribution in [1.82, 2.24) is 9.21 Å². The van der Waals surface area contributed by atoms with Gasteiger partial charge in [0.05, 0.1) is 18.0 Å². The average Bonchev–Trinajstić information content (AvgIpc) is 3.27. The zero-order valence-corrected chi connectivity index (χ0v) is 18.8. The molecule has 4 rings (SSSR count). The van der Waals surface area contributed by atoms with Crippen LogP contribution in [0.2, 0.25) is 0 Å². The minimum atomic E-state index is -3.51. The highest BCUT2D eigenvalue weighted by Crippen LogP contribution is 2.27. The summed E-state index contributed by atoms with van der Waals surface area (Å²) in [5.41, 5.74) is 3.12. The van der Waals surface area contributed by atoms with Gasteiger partial charge in [-0.25, -0.2) is 8.42 Å². The molecule has 1 atom stereocenters. The van der Waals surface area contributed by atoms with Gasteiger partial charge in [0.2, 0.25) is 15.9 Å². The number of anilines is 1. The standard InChI is InChI=1S/C23H29N3O4S/c1-17(23(27)24-20-7-9-21(30-2)10-8-20)25-12-14-26(15-13-25)31(28,29)22-11-6-18-4-3-5-19(18)16-22/h6-11,16-17H,3-5,12-15H2,1-2H3,(H,24,27)/t17-/m0/s1. The molecule has 1 heterocycles. The molecule has 2 aliphatic rings. The van der Waals surface area contributed by atoms with Crippen LogP contribution in [0.3, 0.4) is 0 Å². The molecule has 0 saturated carbocycles. The van der Waals surface area contributed by atoms with Gasteiger partial charge >= 0.3 is 0 Å².